The molecule has 1 saturated heterocycles. The molecular weight excluding hydrogens is 466 g/mol. The Hall–Kier alpha value is -2.68. The number of carbonyl (C=O) groups is 1. The van der Waals surface area contributed by atoms with Gasteiger partial charge in [0.05, 0.1) is 19.4 Å². The van der Waals surface area contributed by atoms with E-state index in [1.807, 2.05) is 52.9 Å². The monoisotopic (exact) mass is 495 g/mol. The Balaban J connectivity index is 1.60. The van der Waals surface area contributed by atoms with Crippen molar-refractivity contribution in [2.75, 3.05) is 39.7 Å². The van der Waals surface area contributed by atoms with E-state index < -0.39 is 0 Å². The predicted molar refractivity (Wildman–Crippen MR) is 139 cm³/mol. The van der Waals surface area contributed by atoms with Gasteiger partial charge in [0, 0.05) is 54.6 Å². The number of hydrogen-bond donors (Lipinski definition) is 0. The third kappa shape index (κ3) is 6.25. The topological polar surface area (TPSA) is 64.6 Å². The Morgan fingerprint density at radius 3 is 3.00 bits per heavy atom. The summed E-state index contributed by atoms with van der Waals surface area (Å²) in [7, 11) is 3.36. The highest BCUT2D eigenvalue weighted by molar-refractivity contribution is 7.99. The number of hydrogen-bond acceptors (Lipinski definition) is 7. The van der Waals surface area contributed by atoms with E-state index in [0.717, 1.165) is 57.7 Å². The molecule has 0 spiro atoms. The van der Waals surface area contributed by atoms with Crippen molar-refractivity contribution >= 4 is 35.1 Å². The summed E-state index contributed by atoms with van der Waals surface area (Å²) in [6, 6.07) is 12.0. The molecule has 178 valence electrons. The molecule has 1 unspecified atom stereocenters. The third-order valence-corrected chi connectivity index (χ3v) is 7.41. The number of carbonyl (C=O) groups excluding carboxylic acids is 1. The van der Waals surface area contributed by atoms with Gasteiger partial charge in [0.25, 0.3) is 0 Å². The fourth-order valence-electron chi connectivity index (χ4n) is 4.03. The van der Waals surface area contributed by atoms with Crippen LogP contribution in [0.1, 0.15) is 29.3 Å². The molecule has 1 aliphatic rings. The number of likely N-dealkylation sites (tertiary alicyclic amines) is 1. The Bertz CT molecular complexity index is 1120. The Morgan fingerprint density at radius 2 is 2.21 bits per heavy atom. The lowest BCUT2D eigenvalue weighted by Gasteiger charge is -2.32. The third-order valence-electron chi connectivity index (χ3n) is 5.75. The minimum absolute atomic E-state index is 0.0461. The van der Waals surface area contributed by atoms with Gasteiger partial charge in [-0.2, -0.15) is 0 Å². The quantitative estimate of drug-likeness (QED) is 0.172. The van der Waals surface area contributed by atoms with Gasteiger partial charge in [-0.3, -0.25) is 4.79 Å². The molecule has 0 radical (unpaired) electrons. The maximum atomic E-state index is 12.9. The van der Waals surface area contributed by atoms with Crippen molar-refractivity contribution in [2.45, 2.75) is 23.9 Å². The van der Waals surface area contributed by atoms with E-state index in [2.05, 4.69) is 11.1 Å². The lowest BCUT2D eigenvalue weighted by Crippen LogP contribution is -2.38. The van der Waals surface area contributed by atoms with Crippen LogP contribution in [0.5, 0.6) is 5.75 Å². The van der Waals surface area contributed by atoms with Crippen LogP contribution < -0.4 is 4.74 Å². The van der Waals surface area contributed by atoms with Crippen molar-refractivity contribution in [3.05, 3.63) is 64.6 Å². The van der Waals surface area contributed by atoms with Gasteiger partial charge in [0.15, 0.2) is 5.16 Å². The van der Waals surface area contributed by atoms with Crippen LogP contribution in [0.4, 0.5) is 0 Å². The number of nitrogens with zero attached hydrogens (tertiary/aromatic N) is 3. The summed E-state index contributed by atoms with van der Waals surface area (Å²) < 4.78 is 10.6. The smallest absolute Gasteiger partial charge is 0.246 e. The van der Waals surface area contributed by atoms with Gasteiger partial charge < -0.3 is 14.4 Å². The van der Waals surface area contributed by atoms with Gasteiger partial charge >= 0.3 is 0 Å². The zero-order chi connectivity index (χ0) is 23.8. The first-order valence-corrected chi connectivity index (χ1v) is 13.2. The number of aromatic nitrogens is 2. The minimum atomic E-state index is 0.0461. The predicted octanol–water partition coefficient (Wildman–Crippen LogP) is 5.37. The molecule has 0 saturated carbocycles. The summed E-state index contributed by atoms with van der Waals surface area (Å²) >= 11 is 3.21. The van der Waals surface area contributed by atoms with Gasteiger partial charge in [-0.1, -0.05) is 30.0 Å². The van der Waals surface area contributed by atoms with Crippen LogP contribution in [0, 0.1) is 0 Å². The molecule has 1 aromatic carbocycles. The molecule has 2 aromatic heterocycles. The highest BCUT2D eigenvalue weighted by Gasteiger charge is 2.27. The second-order valence-corrected chi connectivity index (χ2v) is 10.0. The van der Waals surface area contributed by atoms with E-state index >= 15 is 0 Å². The molecule has 1 atom stereocenters. The highest BCUT2D eigenvalue weighted by atomic mass is 32.2. The number of ether oxygens (including phenoxy) is 2. The van der Waals surface area contributed by atoms with Gasteiger partial charge in [0.2, 0.25) is 5.91 Å². The Labute approximate surface area is 209 Å². The molecule has 6 nitrogen and oxygen atoms in total. The first-order chi connectivity index (χ1) is 16.7. The number of thiophene rings is 1. The van der Waals surface area contributed by atoms with Crippen LogP contribution in [0.3, 0.4) is 0 Å². The minimum Gasteiger partial charge on any atom is -0.497 e. The molecule has 8 heteroatoms. The number of benzene rings is 1. The van der Waals surface area contributed by atoms with Crippen LogP contribution in [-0.4, -0.2) is 60.4 Å². The van der Waals surface area contributed by atoms with Crippen LogP contribution in [0.2, 0.25) is 0 Å². The molecular formula is C26H29N3O3S2. The van der Waals surface area contributed by atoms with Crippen LogP contribution in [0.25, 0.3) is 17.2 Å². The number of methoxy groups -OCH3 is 2. The fraction of sp³-hybridized carbons (Fsp3) is 0.346. The van der Waals surface area contributed by atoms with Crippen molar-refractivity contribution in [3.63, 3.8) is 0 Å². The summed E-state index contributed by atoms with van der Waals surface area (Å²) in [6.07, 6.45) is 7.41. The largest absolute Gasteiger partial charge is 0.497 e. The average molecular weight is 496 g/mol. The summed E-state index contributed by atoms with van der Waals surface area (Å²) in [5, 5.41) is 2.75. The van der Waals surface area contributed by atoms with Crippen LogP contribution in [0.15, 0.2) is 59.2 Å². The maximum Gasteiger partial charge on any atom is 0.246 e. The molecule has 0 bridgehead atoms. The van der Waals surface area contributed by atoms with E-state index in [-0.39, 0.29) is 11.8 Å². The van der Waals surface area contributed by atoms with Gasteiger partial charge in [0.1, 0.15) is 5.75 Å². The molecule has 1 amide bonds. The zero-order valence-electron chi connectivity index (χ0n) is 19.5. The molecule has 3 heterocycles. The molecule has 0 N–H and O–H groups in total. The van der Waals surface area contributed by atoms with Crippen LogP contribution in [-0.2, 0) is 9.53 Å². The van der Waals surface area contributed by atoms with Gasteiger partial charge in [-0.25, -0.2) is 9.97 Å². The number of thioether (sulfide) groups is 1. The van der Waals surface area contributed by atoms with Crippen molar-refractivity contribution in [3.8, 4) is 16.9 Å². The second-order valence-electron chi connectivity index (χ2n) is 8.00. The van der Waals surface area contributed by atoms with Crippen molar-refractivity contribution < 1.29 is 14.3 Å². The summed E-state index contributed by atoms with van der Waals surface area (Å²) in [5.74, 6) is 1.77. The first-order valence-electron chi connectivity index (χ1n) is 11.3. The van der Waals surface area contributed by atoms with Crippen molar-refractivity contribution in [1.82, 2.24) is 14.9 Å². The van der Waals surface area contributed by atoms with E-state index in [1.165, 1.54) is 0 Å². The lowest BCUT2D eigenvalue weighted by molar-refractivity contribution is -0.127. The molecule has 34 heavy (non-hydrogen) atoms. The molecule has 3 aromatic rings. The molecule has 0 aliphatic carbocycles. The normalized spacial score (nSPS) is 16.2. The standard InChI is InChI=1S/C26H29N3O3S2/c1-31-13-15-34-26-27-17-23(19-6-3-8-21(16-19)32-2)25(28-26)20-7-4-12-29(18-20)24(30)11-10-22-9-5-14-33-22/h3,5-6,8-11,14,16-17,20H,4,7,12-13,15,18H2,1-2H3/b11-10+. The molecule has 4 rings (SSSR count). The first kappa shape index (κ1) is 24.4. The van der Waals surface area contributed by atoms with E-state index in [4.69, 9.17) is 14.5 Å². The maximum absolute atomic E-state index is 12.9. The summed E-state index contributed by atoms with van der Waals surface area (Å²) in [4.78, 5) is 25.5. The number of piperidine rings is 1. The van der Waals surface area contributed by atoms with Crippen molar-refractivity contribution in [1.29, 1.82) is 0 Å². The van der Waals surface area contributed by atoms with Gasteiger partial charge in [-0.15, -0.1) is 11.3 Å². The van der Waals surface area contributed by atoms with Crippen molar-refractivity contribution in [2.24, 2.45) is 0 Å². The fourth-order valence-corrected chi connectivity index (χ4v) is 5.37. The summed E-state index contributed by atoms with van der Waals surface area (Å²) in [5.41, 5.74) is 3.00. The Kier molecular flexibility index (Phi) is 8.73. The lowest BCUT2D eigenvalue weighted by atomic mass is 9.90. The summed E-state index contributed by atoms with van der Waals surface area (Å²) in [6.45, 7) is 2.05. The second kappa shape index (κ2) is 12.1. The molecule has 1 fully saturated rings. The zero-order valence-corrected chi connectivity index (χ0v) is 21.1. The SMILES string of the molecule is COCCSc1ncc(-c2cccc(OC)c2)c(C2CCCN(C(=O)/C=C/c3cccs3)C2)n1. The van der Waals surface area contributed by atoms with E-state index in [9.17, 15) is 4.79 Å². The van der Waals surface area contributed by atoms with Gasteiger partial charge in [-0.05, 0) is 48.1 Å². The number of rotatable bonds is 9. The average Bonchev–Trinajstić information content (AvgIpc) is 3.41. The number of amides is 1. The van der Waals surface area contributed by atoms with E-state index in [1.54, 1.807) is 43.4 Å². The highest BCUT2D eigenvalue weighted by Crippen LogP contribution is 2.35. The molecule has 1 aliphatic heterocycles. The van der Waals surface area contributed by atoms with E-state index in [0.29, 0.717) is 13.2 Å². The van der Waals surface area contributed by atoms with Crippen LogP contribution >= 0.6 is 23.1 Å². The Morgan fingerprint density at radius 1 is 1.29 bits per heavy atom.